The zero-order valence-corrected chi connectivity index (χ0v) is 10.4. The molecule has 0 aliphatic heterocycles. The van der Waals surface area contributed by atoms with E-state index >= 15 is 0 Å². The minimum Gasteiger partial charge on any atom is -0.379 e. The molecule has 1 rings (SSSR count). The third kappa shape index (κ3) is 4.45. The van der Waals surface area contributed by atoms with Gasteiger partial charge in [-0.25, -0.2) is 4.39 Å². The van der Waals surface area contributed by atoms with Gasteiger partial charge in [0.2, 0.25) is 0 Å². The summed E-state index contributed by atoms with van der Waals surface area (Å²) in [5, 5.41) is 0. The Hall–Kier alpha value is -1.18. The lowest BCUT2D eigenvalue weighted by Gasteiger charge is -2.17. The third-order valence-electron chi connectivity index (χ3n) is 2.54. The Kier molecular flexibility index (Phi) is 5.71. The number of hydrazine groups is 1. The van der Waals surface area contributed by atoms with E-state index in [2.05, 4.69) is 5.43 Å². The summed E-state index contributed by atoms with van der Waals surface area (Å²) in [6.45, 7) is 2.58. The van der Waals surface area contributed by atoms with Crippen LogP contribution in [0.4, 0.5) is 17.6 Å². The van der Waals surface area contributed by atoms with Crippen molar-refractivity contribution in [2.75, 3.05) is 13.2 Å². The average Bonchev–Trinajstić information content (AvgIpc) is 2.33. The molecular weight excluding hydrogens is 264 g/mol. The molecule has 3 nitrogen and oxygen atoms in total. The van der Waals surface area contributed by atoms with Gasteiger partial charge in [0.1, 0.15) is 5.82 Å². The fourth-order valence-corrected chi connectivity index (χ4v) is 1.56. The lowest BCUT2D eigenvalue weighted by molar-refractivity contribution is -0.140. The predicted molar refractivity (Wildman–Crippen MR) is 62.6 cm³/mol. The number of hydrogen-bond donors (Lipinski definition) is 2. The smallest absolute Gasteiger partial charge is 0.379 e. The van der Waals surface area contributed by atoms with Crippen molar-refractivity contribution in [2.45, 2.75) is 25.6 Å². The molecule has 0 spiro atoms. The summed E-state index contributed by atoms with van der Waals surface area (Å²) in [6, 6.07) is 2.16. The Bertz CT molecular complexity index is 409. The molecule has 19 heavy (non-hydrogen) atoms. The van der Waals surface area contributed by atoms with Crippen LogP contribution >= 0.6 is 0 Å². The van der Waals surface area contributed by atoms with E-state index < -0.39 is 23.6 Å². The highest BCUT2D eigenvalue weighted by atomic mass is 19.4. The first kappa shape index (κ1) is 15.9. The molecule has 1 aromatic carbocycles. The van der Waals surface area contributed by atoms with Crippen LogP contribution in [0.2, 0.25) is 0 Å². The highest BCUT2D eigenvalue weighted by Gasteiger charge is 2.34. The lowest BCUT2D eigenvalue weighted by Crippen LogP contribution is -2.31. The number of halogens is 4. The summed E-state index contributed by atoms with van der Waals surface area (Å²) in [4.78, 5) is 0. The zero-order valence-electron chi connectivity index (χ0n) is 10.4. The van der Waals surface area contributed by atoms with E-state index in [1.807, 2.05) is 6.92 Å². The molecule has 0 bridgehead atoms. The highest BCUT2D eigenvalue weighted by molar-refractivity contribution is 5.28. The second-order valence-corrected chi connectivity index (χ2v) is 4.03. The molecule has 1 atom stereocenters. The van der Waals surface area contributed by atoms with Gasteiger partial charge in [-0.1, -0.05) is 13.0 Å². The number of alkyl halides is 3. The molecule has 1 aromatic rings. The maximum Gasteiger partial charge on any atom is 0.419 e. The van der Waals surface area contributed by atoms with Crippen LogP contribution in [0.5, 0.6) is 0 Å². The Balaban J connectivity index is 2.86. The van der Waals surface area contributed by atoms with Crippen molar-refractivity contribution in [3.05, 3.63) is 35.1 Å². The molecule has 0 amide bonds. The lowest BCUT2D eigenvalue weighted by atomic mass is 10.0. The Labute approximate surface area is 108 Å². The topological polar surface area (TPSA) is 47.3 Å². The van der Waals surface area contributed by atoms with Gasteiger partial charge in [-0.3, -0.25) is 11.3 Å². The summed E-state index contributed by atoms with van der Waals surface area (Å²) in [6.07, 6.45) is -3.90. The number of ether oxygens (including phenoxy) is 1. The Morgan fingerprint density at radius 3 is 2.53 bits per heavy atom. The molecule has 0 aromatic heterocycles. The average molecular weight is 280 g/mol. The first-order chi connectivity index (χ1) is 8.90. The molecule has 108 valence electrons. The summed E-state index contributed by atoms with van der Waals surface area (Å²) in [7, 11) is 0. The van der Waals surface area contributed by atoms with E-state index in [1.165, 1.54) is 6.07 Å². The Morgan fingerprint density at radius 1 is 1.37 bits per heavy atom. The largest absolute Gasteiger partial charge is 0.419 e. The van der Waals surface area contributed by atoms with Crippen molar-refractivity contribution in [2.24, 2.45) is 5.84 Å². The van der Waals surface area contributed by atoms with Crippen LogP contribution in [-0.4, -0.2) is 13.2 Å². The molecule has 0 radical (unpaired) electrons. The van der Waals surface area contributed by atoms with Crippen molar-refractivity contribution >= 4 is 0 Å². The predicted octanol–water partition coefficient (Wildman–Crippen LogP) is 2.78. The van der Waals surface area contributed by atoms with Gasteiger partial charge in [-0.2, -0.15) is 13.2 Å². The van der Waals surface area contributed by atoms with E-state index in [0.29, 0.717) is 18.2 Å². The second-order valence-electron chi connectivity index (χ2n) is 4.03. The zero-order chi connectivity index (χ0) is 14.5. The summed E-state index contributed by atoms with van der Waals surface area (Å²) >= 11 is 0. The fourth-order valence-electron chi connectivity index (χ4n) is 1.56. The molecule has 0 saturated carbocycles. The number of nitrogens with two attached hydrogens (primary N) is 1. The minimum absolute atomic E-state index is 0.162. The van der Waals surface area contributed by atoms with Crippen LogP contribution in [-0.2, 0) is 10.9 Å². The number of benzene rings is 1. The van der Waals surface area contributed by atoms with Crippen molar-refractivity contribution in [1.29, 1.82) is 0 Å². The van der Waals surface area contributed by atoms with Gasteiger partial charge in [0.25, 0.3) is 0 Å². The molecule has 0 heterocycles. The minimum atomic E-state index is -4.70. The van der Waals surface area contributed by atoms with Gasteiger partial charge in [0.15, 0.2) is 0 Å². The van der Waals surface area contributed by atoms with Gasteiger partial charge in [0, 0.05) is 6.61 Å². The molecule has 0 aliphatic carbocycles. The molecule has 0 aliphatic rings. The van der Waals surface area contributed by atoms with Gasteiger partial charge in [0.05, 0.1) is 18.2 Å². The fraction of sp³-hybridized carbons (Fsp3) is 0.500. The normalized spacial score (nSPS) is 13.6. The highest BCUT2D eigenvalue weighted by Crippen LogP contribution is 2.32. The first-order valence-corrected chi connectivity index (χ1v) is 5.80. The maximum absolute atomic E-state index is 13.4. The molecular formula is C12H16F4N2O. The standard InChI is InChI=1S/C12H16F4N2O/c1-2-5-19-7-11(18-17)8-3-4-9(10(13)6-8)12(14,15)16/h3-4,6,11,18H,2,5,7,17H2,1H3. The first-order valence-electron chi connectivity index (χ1n) is 5.80. The third-order valence-corrected chi connectivity index (χ3v) is 2.54. The number of hydrogen-bond acceptors (Lipinski definition) is 3. The van der Waals surface area contributed by atoms with E-state index in [1.54, 1.807) is 0 Å². The van der Waals surface area contributed by atoms with E-state index in [4.69, 9.17) is 10.6 Å². The van der Waals surface area contributed by atoms with Crippen LogP contribution in [0.3, 0.4) is 0 Å². The maximum atomic E-state index is 13.4. The van der Waals surface area contributed by atoms with Crippen LogP contribution in [0.1, 0.15) is 30.5 Å². The van der Waals surface area contributed by atoms with E-state index in [9.17, 15) is 17.6 Å². The Morgan fingerprint density at radius 2 is 2.05 bits per heavy atom. The van der Waals surface area contributed by atoms with Gasteiger partial charge < -0.3 is 4.74 Å². The van der Waals surface area contributed by atoms with E-state index in [0.717, 1.165) is 12.5 Å². The summed E-state index contributed by atoms with van der Waals surface area (Å²) in [5.41, 5.74) is 1.41. The van der Waals surface area contributed by atoms with Gasteiger partial charge in [-0.05, 0) is 24.1 Å². The van der Waals surface area contributed by atoms with Crippen LogP contribution in [0, 0.1) is 5.82 Å². The quantitative estimate of drug-likeness (QED) is 0.364. The van der Waals surface area contributed by atoms with Crippen molar-refractivity contribution in [3.63, 3.8) is 0 Å². The molecule has 7 heteroatoms. The van der Waals surface area contributed by atoms with Crippen molar-refractivity contribution < 1.29 is 22.3 Å². The monoisotopic (exact) mass is 280 g/mol. The molecule has 1 unspecified atom stereocenters. The SMILES string of the molecule is CCCOCC(NN)c1ccc(C(F)(F)F)c(F)c1. The van der Waals surface area contributed by atoms with Crippen molar-refractivity contribution in [3.8, 4) is 0 Å². The van der Waals surface area contributed by atoms with Crippen LogP contribution < -0.4 is 11.3 Å². The molecule has 3 N–H and O–H groups in total. The molecule has 0 fully saturated rings. The summed E-state index contributed by atoms with van der Waals surface area (Å²) in [5.74, 6) is 3.97. The van der Waals surface area contributed by atoms with Crippen molar-refractivity contribution in [1.82, 2.24) is 5.43 Å². The van der Waals surface area contributed by atoms with Crippen LogP contribution in [0.15, 0.2) is 18.2 Å². The second kappa shape index (κ2) is 6.83. The number of rotatable bonds is 6. The van der Waals surface area contributed by atoms with Crippen LogP contribution in [0.25, 0.3) is 0 Å². The molecule has 0 saturated heterocycles. The number of nitrogens with one attached hydrogen (secondary N) is 1. The van der Waals surface area contributed by atoms with Gasteiger partial charge in [-0.15, -0.1) is 0 Å². The summed E-state index contributed by atoms with van der Waals surface area (Å²) < 4.78 is 55.9. The van der Waals surface area contributed by atoms with E-state index in [-0.39, 0.29) is 6.61 Å². The van der Waals surface area contributed by atoms with Gasteiger partial charge >= 0.3 is 6.18 Å².